The Morgan fingerprint density at radius 3 is 2.76 bits per heavy atom. The Hall–Kier alpha value is -1.06. The van der Waals surface area contributed by atoms with Crippen molar-refractivity contribution in [2.45, 2.75) is 32.9 Å². The molecule has 0 spiro atoms. The van der Waals surface area contributed by atoms with Crippen LogP contribution in [0.1, 0.15) is 26.5 Å². The normalized spacial score (nSPS) is 11.3. The van der Waals surface area contributed by atoms with E-state index in [-0.39, 0.29) is 5.54 Å². The van der Waals surface area contributed by atoms with Gasteiger partial charge in [0.1, 0.15) is 6.61 Å². The van der Waals surface area contributed by atoms with E-state index in [1.54, 1.807) is 18.2 Å². The summed E-state index contributed by atoms with van der Waals surface area (Å²) in [6, 6.07) is 3.55. The molecule has 0 bridgehead atoms. The van der Waals surface area contributed by atoms with Crippen molar-refractivity contribution in [1.29, 1.82) is 0 Å². The second kappa shape index (κ2) is 6.03. The van der Waals surface area contributed by atoms with E-state index >= 15 is 0 Å². The summed E-state index contributed by atoms with van der Waals surface area (Å²) < 4.78 is 5.37. The molecule has 3 nitrogen and oxygen atoms in total. The van der Waals surface area contributed by atoms with E-state index in [0.29, 0.717) is 24.1 Å². The van der Waals surface area contributed by atoms with Crippen LogP contribution in [0.3, 0.4) is 0 Å². The molecule has 1 rings (SSSR count). The highest BCUT2D eigenvalue weighted by atomic mass is 35.5. The van der Waals surface area contributed by atoms with Gasteiger partial charge < -0.3 is 10.1 Å². The van der Waals surface area contributed by atoms with Crippen LogP contribution in [0.2, 0.25) is 5.02 Å². The minimum absolute atomic E-state index is 0.0307. The summed E-state index contributed by atoms with van der Waals surface area (Å²) in [6.45, 7) is 10.9. The molecule has 0 aliphatic heterocycles. The van der Waals surface area contributed by atoms with Crippen molar-refractivity contribution in [2.24, 2.45) is 0 Å². The van der Waals surface area contributed by atoms with Crippen molar-refractivity contribution in [3.05, 3.63) is 35.5 Å². The maximum absolute atomic E-state index is 6.08. The van der Waals surface area contributed by atoms with E-state index in [1.165, 1.54) is 0 Å². The van der Waals surface area contributed by atoms with Gasteiger partial charge in [-0.1, -0.05) is 24.3 Å². The zero-order valence-corrected chi connectivity index (χ0v) is 11.3. The number of nitrogens with zero attached hydrogens (tertiary/aromatic N) is 1. The summed E-state index contributed by atoms with van der Waals surface area (Å²) in [5, 5.41) is 3.99. The molecule has 0 atom stereocenters. The molecule has 0 radical (unpaired) electrons. The molecule has 0 aliphatic carbocycles. The highest BCUT2D eigenvalue weighted by molar-refractivity contribution is 6.31. The maximum Gasteiger partial charge on any atom is 0.213 e. The van der Waals surface area contributed by atoms with Gasteiger partial charge in [0.15, 0.2) is 0 Å². The standard InChI is InChI=1S/C13H19ClN2O/c1-5-8-17-12-7-6-10(14)11(16-12)9-15-13(2,3)4/h5-7,15H,1,8-9H2,2-4H3. The van der Waals surface area contributed by atoms with Crippen molar-refractivity contribution in [1.82, 2.24) is 10.3 Å². The number of ether oxygens (including phenoxy) is 1. The van der Waals surface area contributed by atoms with Gasteiger partial charge in [-0.3, -0.25) is 0 Å². The number of hydrogen-bond donors (Lipinski definition) is 1. The summed E-state index contributed by atoms with van der Waals surface area (Å²) in [7, 11) is 0. The van der Waals surface area contributed by atoms with Crippen molar-refractivity contribution in [2.75, 3.05) is 6.61 Å². The average Bonchev–Trinajstić information content (AvgIpc) is 2.25. The summed E-state index contributed by atoms with van der Waals surface area (Å²) in [4.78, 5) is 4.35. The second-order valence-electron chi connectivity index (χ2n) is 4.78. The van der Waals surface area contributed by atoms with Gasteiger partial charge in [-0.2, -0.15) is 0 Å². The number of rotatable bonds is 5. The predicted octanol–water partition coefficient (Wildman–Crippen LogP) is 3.19. The second-order valence-corrected chi connectivity index (χ2v) is 5.19. The Labute approximate surface area is 108 Å². The highest BCUT2D eigenvalue weighted by Crippen LogP contribution is 2.18. The van der Waals surface area contributed by atoms with Crippen molar-refractivity contribution < 1.29 is 4.74 Å². The lowest BCUT2D eigenvalue weighted by atomic mass is 10.1. The first-order chi connectivity index (χ1) is 7.92. The molecule has 1 aromatic rings. The van der Waals surface area contributed by atoms with Gasteiger partial charge in [-0.25, -0.2) is 4.98 Å². The van der Waals surface area contributed by atoms with Crippen molar-refractivity contribution >= 4 is 11.6 Å². The van der Waals surface area contributed by atoms with Crippen LogP contribution in [-0.2, 0) is 6.54 Å². The summed E-state index contributed by atoms with van der Waals surface area (Å²) in [6.07, 6.45) is 1.68. The van der Waals surface area contributed by atoms with E-state index < -0.39 is 0 Å². The molecular formula is C13H19ClN2O. The molecular weight excluding hydrogens is 236 g/mol. The fourth-order valence-corrected chi connectivity index (χ4v) is 1.33. The molecule has 94 valence electrons. The molecule has 0 fully saturated rings. The van der Waals surface area contributed by atoms with Gasteiger partial charge in [-0.05, 0) is 26.8 Å². The Kier molecular flexibility index (Phi) is 4.97. The predicted molar refractivity (Wildman–Crippen MR) is 71.5 cm³/mol. The molecule has 0 unspecified atom stereocenters. The molecule has 0 amide bonds. The first-order valence-electron chi connectivity index (χ1n) is 5.56. The lowest BCUT2D eigenvalue weighted by Gasteiger charge is -2.20. The molecule has 1 heterocycles. The minimum atomic E-state index is 0.0307. The third-order valence-electron chi connectivity index (χ3n) is 2.03. The number of halogens is 1. The number of nitrogens with one attached hydrogen (secondary N) is 1. The topological polar surface area (TPSA) is 34.1 Å². The van der Waals surface area contributed by atoms with E-state index in [9.17, 15) is 0 Å². The number of pyridine rings is 1. The Balaban J connectivity index is 2.72. The zero-order valence-electron chi connectivity index (χ0n) is 10.6. The van der Waals surface area contributed by atoms with Crippen LogP contribution < -0.4 is 10.1 Å². The first-order valence-corrected chi connectivity index (χ1v) is 5.94. The molecule has 1 N–H and O–H groups in total. The minimum Gasteiger partial charge on any atom is -0.473 e. The molecule has 17 heavy (non-hydrogen) atoms. The molecule has 0 aliphatic rings. The molecule has 0 saturated carbocycles. The zero-order chi connectivity index (χ0) is 12.9. The largest absolute Gasteiger partial charge is 0.473 e. The van der Waals surface area contributed by atoms with Crippen LogP contribution in [0.5, 0.6) is 5.88 Å². The highest BCUT2D eigenvalue weighted by Gasteiger charge is 2.11. The third-order valence-corrected chi connectivity index (χ3v) is 2.37. The SMILES string of the molecule is C=CCOc1ccc(Cl)c(CNC(C)(C)C)n1. The first kappa shape index (κ1) is 14.0. The quantitative estimate of drug-likeness (QED) is 0.820. The van der Waals surface area contributed by atoms with Crippen LogP contribution in [0, 0.1) is 0 Å². The van der Waals surface area contributed by atoms with Gasteiger partial charge in [-0.15, -0.1) is 0 Å². The fourth-order valence-electron chi connectivity index (χ4n) is 1.16. The van der Waals surface area contributed by atoms with Crippen LogP contribution in [-0.4, -0.2) is 17.1 Å². The molecule has 1 aromatic heterocycles. The van der Waals surface area contributed by atoms with Gasteiger partial charge in [0.05, 0.1) is 10.7 Å². The van der Waals surface area contributed by atoms with Gasteiger partial charge >= 0.3 is 0 Å². The lowest BCUT2D eigenvalue weighted by molar-refractivity contribution is 0.345. The van der Waals surface area contributed by atoms with E-state index in [4.69, 9.17) is 16.3 Å². The molecule has 4 heteroatoms. The van der Waals surface area contributed by atoms with Gasteiger partial charge in [0.25, 0.3) is 0 Å². The lowest BCUT2D eigenvalue weighted by Crippen LogP contribution is -2.35. The average molecular weight is 255 g/mol. The smallest absolute Gasteiger partial charge is 0.213 e. The van der Waals surface area contributed by atoms with E-state index in [0.717, 1.165) is 5.69 Å². The van der Waals surface area contributed by atoms with Crippen LogP contribution in [0.25, 0.3) is 0 Å². The summed E-state index contributed by atoms with van der Waals surface area (Å²) >= 11 is 6.08. The summed E-state index contributed by atoms with van der Waals surface area (Å²) in [5.41, 5.74) is 0.825. The fraction of sp³-hybridized carbons (Fsp3) is 0.462. The Morgan fingerprint density at radius 1 is 1.47 bits per heavy atom. The van der Waals surface area contributed by atoms with E-state index in [2.05, 4.69) is 37.7 Å². The Bertz CT molecular complexity index is 385. The van der Waals surface area contributed by atoms with E-state index in [1.807, 2.05) is 0 Å². The maximum atomic E-state index is 6.08. The van der Waals surface area contributed by atoms with Crippen molar-refractivity contribution in [3.63, 3.8) is 0 Å². The molecule has 0 saturated heterocycles. The van der Waals surface area contributed by atoms with Crippen LogP contribution in [0.4, 0.5) is 0 Å². The van der Waals surface area contributed by atoms with Crippen molar-refractivity contribution in [3.8, 4) is 5.88 Å². The number of aromatic nitrogens is 1. The van der Waals surface area contributed by atoms with Crippen LogP contribution in [0.15, 0.2) is 24.8 Å². The third kappa shape index (κ3) is 5.20. The van der Waals surface area contributed by atoms with Gasteiger partial charge in [0, 0.05) is 18.2 Å². The van der Waals surface area contributed by atoms with Crippen LogP contribution >= 0.6 is 11.6 Å². The monoisotopic (exact) mass is 254 g/mol. The molecule has 0 aromatic carbocycles. The number of hydrogen-bond acceptors (Lipinski definition) is 3. The summed E-state index contributed by atoms with van der Waals surface area (Å²) in [5.74, 6) is 0.569. The Morgan fingerprint density at radius 2 is 2.18 bits per heavy atom. The van der Waals surface area contributed by atoms with Gasteiger partial charge in [0.2, 0.25) is 5.88 Å².